The molecule has 208 valence electrons. The van der Waals surface area contributed by atoms with Crippen LogP contribution in [0.3, 0.4) is 0 Å². The molecule has 0 radical (unpaired) electrons. The van der Waals surface area contributed by atoms with Crippen LogP contribution in [-0.2, 0) is 20.7 Å². The van der Waals surface area contributed by atoms with Gasteiger partial charge in [-0.1, -0.05) is 12.1 Å². The number of aliphatic hydroxyl groups excluding tert-OH is 2. The molecule has 0 spiro atoms. The number of Topliss-reactive ketones (excluding diaryl/α,β-unsaturated/α-hetero) is 1. The molecule has 1 fully saturated rings. The Labute approximate surface area is 222 Å². The quantitative estimate of drug-likeness (QED) is 0.235. The zero-order chi connectivity index (χ0) is 28.4. The van der Waals surface area contributed by atoms with Gasteiger partial charge in [0.25, 0.3) is 0 Å². The first-order chi connectivity index (χ1) is 18.4. The van der Waals surface area contributed by atoms with Crippen molar-refractivity contribution in [2.75, 3.05) is 13.7 Å². The van der Waals surface area contributed by atoms with Crippen LogP contribution in [0.5, 0.6) is 17.2 Å². The Morgan fingerprint density at radius 2 is 1.85 bits per heavy atom. The lowest BCUT2D eigenvalue weighted by Gasteiger charge is -2.42. The highest BCUT2D eigenvalue weighted by Crippen LogP contribution is 2.52. The van der Waals surface area contributed by atoms with Crippen molar-refractivity contribution in [3.05, 3.63) is 51.6 Å². The number of aliphatic hydroxyl groups is 3. The van der Waals surface area contributed by atoms with E-state index in [4.69, 9.17) is 19.9 Å². The number of carbonyl (C=O) groups is 3. The van der Waals surface area contributed by atoms with Crippen molar-refractivity contribution in [3.8, 4) is 17.2 Å². The number of ketones is 3. The molecule has 0 aromatic heterocycles. The Balaban J connectivity index is 1.69. The molecule has 0 bridgehead atoms. The molecule has 7 N–H and O–H groups in total. The molecule has 12 nitrogen and oxygen atoms in total. The monoisotopic (exact) mass is 543 g/mol. The Bertz CT molecular complexity index is 1380. The molecule has 2 aromatic rings. The summed E-state index contributed by atoms with van der Waals surface area (Å²) in [6.45, 7) is 0.560. The predicted octanol–water partition coefficient (Wildman–Crippen LogP) is 0.00130. The van der Waals surface area contributed by atoms with Crippen molar-refractivity contribution in [2.45, 2.75) is 62.4 Å². The minimum Gasteiger partial charge on any atom is -0.507 e. The Kier molecular flexibility index (Phi) is 6.74. The molecular formula is C27H29NO11. The minimum absolute atomic E-state index is 0.0173. The molecule has 1 heterocycles. The standard InChI is InChI=1S/C27H29NO11/c1-10-22(31)13(28)6-17(38-10)39-15-8-27(36,16(30)9-29)7-12-19(15)26(35)21-20(24(12)33)23(32)11-4-3-5-14(37-2)18(11)25(21)34/h3-5,10,13,15,17,22,29,31,33,35-36H,6-9,28H2,1-2H3/t10?,13?,15-,17+,22-,27-/m0/s1. The van der Waals surface area contributed by atoms with Crippen LogP contribution in [0, 0.1) is 0 Å². The summed E-state index contributed by atoms with van der Waals surface area (Å²) in [5, 5.41) is 53.7. The molecule has 1 aliphatic heterocycles. The van der Waals surface area contributed by atoms with Gasteiger partial charge in [-0.05, 0) is 13.0 Å². The summed E-state index contributed by atoms with van der Waals surface area (Å²) >= 11 is 0. The fourth-order valence-electron chi connectivity index (χ4n) is 5.75. The van der Waals surface area contributed by atoms with E-state index in [2.05, 4.69) is 0 Å². The van der Waals surface area contributed by atoms with Crippen LogP contribution < -0.4 is 10.5 Å². The van der Waals surface area contributed by atoms with Crippen LogP contribution in [0.15, 0.2) is 18.2 Å². The lowest BCUT2D eigenvalue weighted by molar-refractivity contribution is -0.247. The summed E-state index contributed by atoms with van der Waals surface area (Å²) in [7, 11) is 1.32. The molecule has 12 heteroatoms. The van der Waals surface area contributed by atoms with Crippen LogP contribution >= 0.6 is 0 Å². The summed E-state index contributed by atoms with van der Waals surface area (Å²) in [6.07, 6.45) is -5.12. The van der Waals surface area contributed by atoms with Gasteiger partial charge in [-0.15, -0.1) is 0 Å². The first kappa shape index (κ1) is 27.2. The summed E-state index contributed by atoms with van der Waals surface area (Å²) in [6, 6.07) is 3.64. The van der Waals surface area contributed by atoms with Gasteiger partial charge in [-0.25, -0.2) is 0 Å². The number of carbonyl (C=O) groups excluding carboxylic acids is 3. The molecule has 5 rings (SSSR count). The summed E-state index contributed by atoms with van der Waals surface area (Å²) in [4.78, 5) is 39.7. The van der Waals surface area contributed by atoms with Gasteiger partial charge >= 0.3 is 0 Å². The minimum atomic E-state index is -2.24. The number of hydrogen-bond donors (Lipinski definition) is 6. The number of aromatic hydroxyl groups is 2. The van der Waals surface area contributed by atoms with E-state index in [0.717, 1.165) is 0 Å². The highest BCUT2D eigenvalue weighted by molar-refractivity contribution is 6.31. The summed E-state index contributed by atoms with van der Waals surface area (Å²) < 4.78 is 17.0. The Morgan fingerprint density at radius 3 is 2.49 bits per heavy atom. The van der Waals surface area contributed by atoms with Gasteiger partial charge in [0.15, 0.2) is 17.9 Å². The van der Waals surface area contributed by atoms with Crippen molar-refractivity contribution >= 4 is 17.3 Å². The second-order valence-electron chi connectivity index (χ2n) is 10.2. The van der Waals surface area contributed by atoms with Crippen LogP contribution in [0.2, 0.25) is 0 Å². The lowest BCUT2D eigenvalue weighted by atomic mass is 9.72. The van der Waals surface area contributed by atoms with Crippen molar-refractivity contribution in [2.24, 2.45) is 5.73 Å². The second-order valence-corrected chi connectivity index (χ2v) is 10.2. The maximum absolute atomic E-state index is 13.6. The number of hydrogen-bond acceptors (Lipinski definition) is 12. The number of ether oxygens (including phenoxy) is 3. The zero-order valence-corrected chi connectivity index (χ0v) is 21.2. The van der Waals surface area contributed by atoms with Crippen molar-refractivity contribution in [1.82, 2.24) is 0 Å². The highest BCUT2D eigenvalue weighted by Gasteiger charge is 2.50. The van der Waals surface area contributed by atoms with Crippen molar-refractivity contribution < 1.29 is 54.1 Å². The third-order valence-electron chi connectivity index (χ3n) is 7.81. The van der Waals surface area contributed by atoms with E-state index in [1.165, 1.54) is 25.3 Å². The number of phenolic OH excluding ortho intramolecular Hbond substituents is 2. The number of benzene rings is 2. The van der Waals surface area contributed by atoms with Gasteiger partial charge in [-0.2, -0.15) is 0 Å². The maximum Gasteiger partial charge on any atom is 0.202 e. The van der Waals surface area contributed by atoms with E-state index in [1.54, 1.807) is 6.92 Å². The predicted molar refractivity (Wildman–Crippen MR) is 132 cm³/mol. The van der Waals surface area contributed by atoms with Crippen molar-refractivity contribution in [3.63, 3.8) is 0 Å². The average molecular weight is 544 g/mol. The summed E-state index contributed by atoms with van der Waals surface area (Å²) in [5.41, 5.74) is 2.37. The smallest absolute Gasteiger partial charge is 0.202 e. The van der Waals surface area contributed by atoms with E-state index >= 15 is 0 Å². The largest absolute Gasteiger partial charge is 0.507 e. The number of phenols is 2. The molecule has 0 amide bonds. The maximum atomic E-state index is 13.6. The number of rotatable bonds is 5. The van der Waals surface area contributed by atoms with Crippen LogP contribution in [0.1, 0.15) is 68.8 Å². The van der Waals surface area contributed by atoms with Gasteiger partial charge in [-0.3, -0.25) is 14.4 Å². The second kappa shape index (κ2) is 9.66. The van der Waals surface area contributed by atoms with Crippen LogP contribution in [-0.4, -0.2) is 86.7 Å². The Morgan fingerprint density at radius 1 is 1.15 bits per heavy atom. The lowest BCUT2D eigenvalue weighted by Crippen LogP contribution is -2.53. The SMILES string of the molecule is COc1cccc2c1C(=O)c1c(O)c3c(c(O)c1C2=O)C[C@@](O)(C(=O)CO)C[C@@H]3O[C@@H]1CC(N)[C@@H](O)C(C)O1. The van der Waals surface area contributed by atoms with Crippen molar-refractivity contribution in [1.29, 1.82) is 0 Å². The van der Waals surface area contributed by atoms with Crippen LogP contribution in [0.4, 0.5) is 0 Å². The number of nitrogens with two attached hydrogens (primary N) is 1. The first-order valence-corrected chi connectivity index (χ1v) is 12.4. The number of methoxy groups -OCH3 is 1. The molecule has 0 saturated carbocycles. The van der Waals surface area contributed by atoms with Crippen LogP contribution in [0.25, 0.3) is 0 Å². The zero-order valence-electron chi connectivity index (χ0n) is 21.2. The molecular weight excluding hydrogens is 514 g/mol. The van der Waals surface area contributed by atoms with E-state index < -0.39 is 95.7 Å². The fraction of sp³-hybridized carbons (Fsp3) is 0.444. The molecule has 2 unspecified atom stereocenters. The van der Waals surface area contributed by atoms with E-state index in [-0.39, 0.29) is 34.4 Å². The van der Waals surface area contributed by atoms with E-state index in [0.29, 0.717) is 0 Å². The average Bonchev–Trinajstić information content (AvgIpc) is 2.90. The summed E-state index contributed by atoms with van der Waals surface area (Å²) in [5.74, 6) is -3.77. The van der Waals surface area contributed by atoms with Gasteiger partial charge in [0.05, 0.1) is 42.1 Å². The normalized spacial score (nSPS) is 29.8. The molecule has 2 aromatic carbocycles. The molecule has 3 aliphatic rings. The van der Waals surface area contributed by atoms with Gasteiger partial charge in [0, 0.05) is 42.0 Å². The molecule has 1 saturated heterocycles. The topological polar surface area (TPSA) is 206 Å². The van der Waals surface area contributed by atoms with Gasteiger partial charge in [0.1, 0.15) is 29.5 Å². The first-order valence-electron chi connectivity index (χ1n) is 12.4. The Hall–Kier alpha value is -3.39. The fourth-order valence-corrected chi connectivity index (χ4v) is 5.75. The van der Waals surface area contributed by atoms with E-state index in [1.807, 2.05) is 0 Å². The van der Waals surface area contributed by atoms with E-state index in [9.17, 15) is 39.9 Å². The third kappa shape index (κ3) is 4.11. The number of fused-ring (bicyclic) bond motifs is 3. The van der Waals surface area contributed by atoms with Gasteiger partial charge in [0.2, 0.25) is 5.78 Å². The molecule has 39 heavy (non-hydrogen) atoms. The highest BCUT2D eigenvalue weighted by atomic mass is 16.7. The third-order valence-corrected chi connectivity index (χ3v) is 7.81. The van der Waals surface area contributed by atoms with Gasteiger partial charge < -0.3 is 45.5 Å². The molecule has 6 atom stereocenters. The molecule has 2 aliphatic carbocycles.